The maximum absolute atomic E-state index is 12.1. The predicted octanol–water partition coefficient (Wildman–Crippen LogP) is 7.39. The van der Waals surface area contributed by atoms with E-state index in [-0.39, 0.29) is 5.69 Å². The van der Waals surface area contributed by atoms with Gasteiger partial charge < -0.3 is 9.47 Å². The lowest BCUT2D eigenvalue weighted by atomic mass is 10.2. The number of aldehydes is 1. The Kier molecular flexibility index (Phi) is 11.8. The van der Waals surface area contributed by atoms with Crippen LogP contribution in [-0.2, 0) is 9.47 Å². The fourth-order valence-corrected chi connectivity index (χ4v) is 3.76. The minimum absolute atomic E-state index is 0.148. The van der Waals surface area contributed by atoms with Gasteiger partial charge in [0.05, 0.1) is 11.1 Å². The molecule has 4 rings (SSSR count). The first-order valence-electron chi connectivity index (χ1n) is 12.1. The number of thioether (sulfide) groups is 1. The molecule has 11 nitrogen and oxygen atoms in total. The Bertz CT molecular complexity index is 1450. The summed E-state index contributed by atoms with van der Waals surface area (Å²) in [4.78, 5) is 43.4. The maximum atomic E-state index is 12.1. The highest BCUT2D eigenvalue weighted by Crippen LogP contribution is 2.23. The van der Waals surface area contributed by atoms with Gasteiger partial charge in [-0.3, -0.25) is 4.79 Å². The van der Waals surface area contributed by atoms with Crippen LogP contribution >= 0.6 is 43.6 Å². The zero-order chi connectivity index (χ0) is 31.1. The van der Waals surface area contributed by atoms with Gasteiger partial charge in [-0.15, -0.1) is 9.36 Å². The number of pyridine rings is 2. The molecule has 0 aliphatic rings. The largest absolute Gasteiger partial charge is 0.442 e. The van der Waals surface area contributed by atoms with Crippen LogP contribution in [0.5, 0.6) is 0 Å². The van der Waals surface area contributed by atoms with Gasteiger partial charge in [0, 0.05) is 26.7 Å². The molecule has 0 aliphatic heterocycles. The van der Waals surface area contributed by atoms with E-state index >= 15 is 0 Å². The molecule has 220 valence electrons. The smallest absolute Gasteiger partial charge is 0.437 e. The standard InChI is InChI=1S/C13H14BrN3O2.C12H12BrN3O3.C2H6S/c1-5-10-9-6-8(14)7-15-11(9)17(16-10)12(18)19-13(2,3)4;1-12(2,3)19-11(18)16-10-8(9(6-17)15-16)4-7(13)5-14-10;1-3-2/h5-7H,1H2,2-4H3;4-6H,1-3H3;1-2H3. The topological polar surface area (TPSA) is 131 Å². The van der Waals surface area contributed by atoms with E-state index in [9.17, 15) is 14.4 Å². The van der Waals surface area contributed by atoms with Crippen LogP contribution in [0.1, 0.15) is 57.7 Å². The van der Waals surface area contributed by atoms with Crippen LogP contribution in [0.25, 0.3) is 28.1 Å². The molecule has 4 heterocycles. The van der Waals surface area contributed by atoms with E-state index in [1.54, 1.807) is 71.6 Å². The second kappa shape index (κ2) is 14.2. The number of hydrogen-bond donors (Lipinski definition) is 0. The minimum Gasteiger partial charge on any atom is -0.442 e. The monoisotopic (exact) mass is 710 g/mol. The first kappa shape index (κ1) is 34.1. The Morgan fingerprint density at radius 3 is 1.54 bits per heavy atom. The lowest BCUT2D eigenvalue weighted by Gasteiger charge is -2.18. The molecule has 0 saturated carbocycles. The summed E-state index contributed by atoms with van der Waals surface area (Å²) >= 11 is 8.35. The van der Waals surface area contributed by atoms with Gasteiger partial charge in [0.15, 0.2) is 17.6 Å². The highest BCUT2D eigenvalue weighted by molar-refractivity contribution is 9.10. The van der Waals surface area contributed by atoms with Gasteiger partial charge >= 0.3 is 12.2 Å². The summed E-state index contributed by atoms with van der Waals surface area (Å²) in [6, 6.07) is 3.52. The second-order valence-electron chi connectivity index (χ2n) is 10.3. The number of aromatic nitrogens is 6. The molecule has 0 aromatic carbocycles. The molecule has 41 heavy (non-hydrogen) atoms. The van der Waals surface area contributed by atoms with Crippen LogP contribution in [0.15, 0.2) is 40.1 Å². The quantitative estimate of drug-likeness (QED) is 0.194. The molecule has 0 spiro atoms. The van der Waals surface area contributed by atoms with E-state index in [1.165, 1.54) is 6.20 Å². The SMILES string of the molecule is C=Cc1nn(C(=O)OC(C)(C)C)c2ncc(Br)cc12.CC(C)(C)OC(=O)n1nc(C=O)c2cc(Br)cnc21.CSC. The summed E-state index contributed by atoms with van der Waals surface area (Å²) in [6.45, 7) is 14.3. The van der Waals surface area contributed by atoms with Crippen molar-refractivity contribution in [2.75, 3.05) is 12.5 Å². The molecular weight excluding hydrogens is 680 g/mol. The summed E-state index contributed by atoms with van der Waals surface area (Å²) in [5, 5.41) is 9.34. The molecule has 0 saturated heterocycles. The van der Waals surface area contributed by atoms with Crippen molar-refractivity contribution in [1.29, 1.82) is 0 Å². The zero-order valence-electron chi connectivity index (χ0n) is 24.1. The Balaban J connectivity index is 0.000000262. The number of rotatable bonds is 2. The van der Waals surface area contributed by atoms with E-state index in [2.05, 4.69) is 58.6 Å². The Hall–Kier alpha value is -3.10. The number of hydrogen-bond acceptors (Lipinski definition) is 10. The molecule has 4 aromatic heterocycles. The van der Waals surface area contributed by atoms with Gasteiger partial charge in [-0.05, 0) is 104 Å². The van der Waals surface area contributed by atoms with E-state index in [4.69, 9.17) is 9.47 Å². The molecule has 0 fully saturated rings. The normalized spacial score (nSPS) is 11.2. The molecule has 0 atom stereocenters. The van der Waals surface area contributed by atoms with Crippen LogP contribution in [-0.4, -0.2) is 71.7 Å². The average molecular weight is 712 g/mol. The van der Waals surface area contributed by atoms with E-state index in [0.29, 0.717) is 33.1 Å². The number of nitrogens with zero attached hydrogens (tertiary/aromatic N) is 6. The van der Waals surface area contributed by atoms with Gasteiger partial charge in [-0.25, -0.2) is 19.6 Å². The van der Waals surface area contributed by atoms with Gasteiger partial charge in [-0.1, -0.05) is 6.58 Å². The first-order chi connectivity index (χ1) is 19.0. The number of halogens is 2. The summed E-state index contributed by atoms with van der Waals surface area (Å²) in [5.41, 5.74) is 0.252. The third-order valence-electron chi connectivity index (χ3n) is 4.47. The van der Waals surface area contributed by atoms with Crippen molar-refractivity contribution in [3.05, 3.63) is 51.4 Å². The number of carbonyl (C=O) groups excluding carboxylic acids is 3. The number of fused-ring (bicyclic) bond motifs is 2. The van der Waals surface area contributed by atoms with Crippen molar-refractivity contribution in [2.24, 2.45) is 0 Å². The van der Waals surface area contributed by atoms with Crippen LogP contribution in [0, 0.1) is 0 Å². The van der Waals surface area contributed by atoms with Crippen LogP contribution in [0.2, 0.25) is 0 Å². The maximum Gasteiger partial charge on any atom is 0.437 e. The average Bonchev–Trinajstić information content (AvgIpc) is 3.40. The molecule has 14 heteroatoms. The Morgan fingerprint density at radius 2 is 1.20 bits per heavy atom. The molecule has 0 aliphatic carbocycles. The zero-order valence-corrected chi connectivity index (χ0v) is 28.0. The molecular formula is C27H32Br2N6O5S. The Labute approximate surface area is 259 Å². The number of ether oxygens (including phenoxy) is 2. The molecule has 0 unspecified atom stereocenters. The molecule has 0 N–H and O–H groups in total. The van der Waals surface area contributed by atoms with Gasteiger partial charge in [0.1, 0.15) is 16.9 Å². The van der Waals surface area contributed by atoms with Crippen molar-refractivity contribution < 1.29 is 23.9 Å². The van der Waals surface area contributed by atoms with Crippen molar-refractivity contribution in [3.63, 3.8) is 0 Å². The summed E-state index contributed by atoms with van der Waals surface area (Å²) in [6.07, 6.45) is 8.16. The third kappa shape index (κ3) is 9.47. The van der Waals surface area contributed by atoms with Crippen molar-refractivity contribution in [1.82, 2.24) is 29.5 Å². The van der Waals surface area contributed by atoms with Gasteiger partial charge in [-0.2, -0.15) is 22.0 Å². The fourth-order valence-electron chi connectivity index (χ4n) is 3.10. The third-order valence-corrected chi connectivity index (χ3v) is 5.34. The summed E-state index contributed by atoms with van der Waals surface area (Å²) in [5.74, 6) is 0. The lowest BCUT2D eigenvalue weighted by Crippen LogP contribution is -2.28. The summed E-state index contributed by atoms with van der Waals surface area (Å²) in [7, 11) is 0. The number of carbonyl (C=O) groups is 3. The van der Waals surface area contributed by atoms with Gasteiger partial charge in [0.2, 0.25) is 0 Å². The predicted molar refractivity (Wildman–Crippen MR) is 169 cm³/mol. The molecule has 0 amide bonds. The highest BCUT2D eigenvalue weighted by Gasteiger charge is 2.24. The van der Waals surface area contributed by atoms with E-state index in [0.717, 1.165) is 19.2 Å². The molecule has 0 radical (unpaired) electrons. The van der Waals surface area contributed by atoms with Crippen molar-refractivity contribution >= 4 is 90.2 Å². The van der Waals surface area contributed by atoms with E-state index in [1.807, 2.05) is 18.6 Å². The molecule has 4 aromatic rings. The van der Waals surface area contributed by atoms with Crippen molar-refractivity contribution in [3.8, 4) is 0 Å². The molecule has 0 bridgehead atoms. The van der Waals surface area contributed by atoms with Crippen molar-refractivity contribution in [2.45, 2.75) is 52.7 Å². The van der Waals surface area contributed by atoms with Crippen LogP contribution in [0.4, 0.5) is 9.59 Å². The fraction of sp³-hybridized carbons (Fsp3) is 0.370. The summed E-state index contributed by atoms with van der Waals surface area (Å²) < 4.78 is 14.2. The van der Waals surface area contributed by atoms with Crippen LogP contribution in [0.3, 0.4) is 0 Å². The second-order valence-corrected chi connectivity index (χ2v) is 13.0. The first-order valence-corrected chi connectivity index (χ1v) is 15.3. The van der Waals surface area contributed by atoms with Gasteiger partial charge in [0.25, 0.3) is 0 Å². The Morgan fingerprint density at radius 1 is 0.829 bits per heavy atom. The highest BCUT2D eigenvalue weighted by atomic mass is 79.9. The van der Waals surface area contributed by atoms with E-state index < -0.39 is 23.4 Å². The van der Waals surface area contributed by atoms with Crippen LogP contribution < -0.4 is 0 Å². The lowest BCUT2D eigenvalue weighted by molar-refractivity contribution is 0.0510. The minimum atomic E-state index is -0.666.